The van der Waals surface area contributed by atoms with Crippen LogP contribution in [0.1, 0.15) is 42.5 Å². The van der Waals surface area contributed by atoms with Crippen LogP contribution in [0.4, 0.5) is 5.95 Å². The normalized spacial score (nSPS) is 16.4. The van der Waals surface area contributed by atoms with Crippen LogP contribution in [0.5, 0.6) is 11.5 Å². The standard InChI is InChI=1S/C31H34N4O3/c1-21-6-5-7-23(18-21)20-35-27-9-4-3-8-26(27)33-31(35)34-14-12-24(13-15-34)30(36)32-22(2)25-10-11-28-29(19-25)38-17-16-37-28/h3-11,18-19,22,24H,12-17,20H2,1-2H3,(H,32,36)/t22-/m1/s1. The van der Waals surface area contributed by atoms with Gasteiger partial charge in [0.15, 0.2) is 11.5 Å². The van der Waals surface area contributed by atoms with Crippen molar-refractivity contribution >= 4 is 22.9 Å². The van der Waals surface area contributed by atoms with Crippen molar-refractivity contribution < 1.29 is 14.3 Å². The Kier molecular flexibility index (Phi) is 6.66. The average molecular weight is 511 g/mol. The van der Waals surface area contributed by atoms with Gasteiger partial charge in [-0.25, -0.2) is 4.98 Å². The number of carbonyl (C=O) groups is 1. The van der Waals surface area contributed by atoms with Crippen molar-refractivity contribution in [1.82, 2.24) is 14.9 Å². The van der Waals surface area contributed by atoms with Crippen LogP contribution in [-0.4, -0.2) is 41.8 Å². The highest BCUT2D eigenvalue weighted by atomic mass is 16.6. The van der Waals surface area contributed by atoms with Crippen molar-refractivity contribution in [2.75, 3.05) is 31.2 Å². The van der Waals surface area contributed by atoms with Crippen LogP contribution < -0.4 is 19.7 Å². The number of ether oxygens (including phenoxy) is 2. The zero-order chi connectivity index (χ0) is 26.1. The van der Waals surface area contributed by atoms with Crippen molar-refractivity contribution in [3.05, 3.63) is 83.4 Å². The van der Waals surface area contributed by atoms with Gasteiger partial charge in [-0.15, -0.1) is 0 Å². The van der Waals surface area contributed by atoms with Gasteiger partial charge in [0.2, 0.25) is 11.9 Å². The molecule has 7 nitrogen and oxygen atoms in total. The van der Waals surface area contributed by atoms with E-state index in [1.165, 1.54) is 11.1 Å². The molecule has 38 heavy (non-hydrogen) atoms. The molecule has 2 aliphatic rings. The second-order valence-electron chi connectivity index (χ2n) is 10.4. The van der Waals surface area contributed by atoms with Gasteiger partial charge in [-0.05, 0) is 62.1 Å². The number of benzene rings is 3. The molecule has 0 spiro atoms. The van der Waals surface area contributed by atoms with Crippen LogP contribution in [0.2, 0.25) is 0 Å². The number of aromatic nitrogens is 2. The van der Waals surface area contributed by atoms with Crippen LogP contribution >= 0.6 is 0 Å². The largest absolute Gasteiger partial charge is 0.486 e. The second-order valence-corrected chi connectivity index (χ2v) is 10.4. The second kappa shape index (κ2) is 10.4. The van der Waals surface area contributed by atoms with Gasteiger partial charge in [0, 0.05) is 19.0 Å². The Balaban J connectivity index is 1.13. The molecule has 196 valence electrons. The predicted octanol–water partition coefficient (Wildman–Crippen LogP) is 5.26. The number of fused-ring (bicyclic) bond motifs is 2. The van der Waals surface area contributed by atoms with Crippen molar-refractivity contribution in [2.45, 2.75) is 39.3 Å². The number of hydrogen-bond acceptors (Lipinski definition) is 5. The summed E-state index contributed by atoms with van der Waals surface area (Å²) in [5.41, 5.74) is 5.67. The molecule has 0 radical (unpaired) electrons. The number of amides is 1. The number of rotatable bonds is 6. The highest BCUT2D eigenvalue weighted by Crippen LogP contribution is 2.33. The summed E-state index contributed by atoms with van der Waals surface area (Å²) >= 11 is 0. The van der Waals surface area contributed by atoms with E-state index >= 15 is 0 Å². The highest BCUT2D eigenvalue weighted by Gasteiger charge is 2.29. The number of piperidine rings is 1. The Hall–Kier alpha value is -4.00. The van der Waals surface area contributed by atoms with Gasteiger partial charge in [0.25, 0.3) is 0 Å². The van der Waals surface area contributed by atoms with Crippen molar-refractivity contribution in [3.8, 4) is 11.5 Å². The van der Waals surface area contributed by atoms with E-state index in [2.05, 4.69) is 64.2 Å². The van der Waals surface area contributed by atoms with Crippen LogP contribution in [0.3, 0.4) is 0 Å². The molecule has 1 aromatic heterocycles. The van der Waals surface area contributed by atoms with Gasteiger partial charge in [-0.3, -0.25) is 4.79 Å². The molecular weight excluding hydrogens is 476 g/mol. The number of para-hydroxylation sites is 2. The topological polar surface area (TPSA) is 68.6 Å². The Bertz CT molecular complexity index is 1450. The first-order valence-electron chi connectivity index (χ1n) is 13.5. The lowest BCUT2D eigenvalue weighted by Gasteiger charge is -2.33. The van der Waals surface area contributed by atoms with Gasteiger partial charge >= 0.3 is 0 Å². The van der Waals surface area contributed by atoms with Crippen LogP contribution in [-0.2, 0) is 11.3 Å². The third-order valence-corrected chi connectivity index (χ3v) is 7.63. The van der Waals surface area contributed by atoms with Crippen molar-refractivity contribution in [1.29, 1.82) is 0 Å². The van der Waals surface area contributed by atoms with Gasteiger partial charge in [-0.1, -0.05) is 48.0 Å². The molecule has 2 aliphatic heterocycles. The van der Waals surface area contributed by atoms with Crippen molar-refractivity contribution in [3.63, 3.8) is 0 Å². The molecule has 1 saturated heterocycles. The van der Waals surface area contributed by atoms with E-state index in [0.717, 1.165) is 66.5 Å². The fourth-order valence-electron chi connectivity index (χ4n) is 5.54. The molecule has 1 amide bonds. The summed E-state index contributed by atoms with van der Waals surface area (Å²) in [6.45, 7) is 7.63. The SMILES string of the molecule is Cc1cccc(Cn2c(N3CCC(C(=O)N[C@H](C)c4ccc5c(c4)OCCO5)CC3)nc3ccccc32)c1. The summed E-state index contributed by atoms with van der Waals surface area (Å²) in [5, 5.41) is 3.22. The quantitative estimate of drug-likeness (QED) is 0.383. The Morgan fingerprint density at radius 2 is 1.79 bits per heavy atom. The number of nitrogens with zero attached hydrogens (tertiary/aromatic N) is 3. The molecule has 7 heteroatoms. The summed E-state index contributed by atoms with van der Waals surface area (Å²) < 4.78 is 13.6. The number of aryl methyl sites for hydroxylation is 1. The minimum absolute atomic E-state index is 0.0134. The molecule has 3 aromatic carbocycles. The number of nitrogens with one attached hydrogen (secondary N) is 1. The lowest BCUT2D eigenvalue weighted by Crippen LogP contribution is -2.42. The number of imidazole rings is 1. The molecule has 4 aromatic rings. The third-order valence-electron chi connectivity index (χ3n) is 7.63. The summed E-state index contributed by atoms with van der Waals surface area (Å²) in [4.78, 5) is 20.5. The molecule has 0 bridgehead atoms. The zero-order valence-electron chi connectivity index (χ0n) is 22.0. The van der Waals surface area contributed by atoms with Gasteiger partial charge < -0.3 is 24.3 Å². The smallest absolute Gasteiger partial charge is 0.223 e. The van der Waals surface area contributed by atoms with Crippen molar-refractivity contribution in [2.24, 2.45) is 5.92 Å². The molecule has 0 saturated carbocycles. The van der Waals surface area contributed by atoms with Crippen LogP contribution in [0.15, 0.2) is 66.7 Å². The fraction of sp³-hybridized carbons (Fsp3) is 0.355. The minimum Gasteiger partial charge on any atom is -0.486 e. The molecule has 3 heterocycles. The average Bonchev–Trinajstić information content (AvgIpc) is 3.31. The minimum atomic E-state index is -0.102. The lowest BCUT2D eigenvalue weighted by molar-refractivity contribution is -0.126. The van der Waals surface area contributed by atoms with Crippen LogP contribution in [0.25, 0.3) is 11.0 Å². The fourth-order valence-corrected chi connectivity index (χ4v) is 5.54. The van der Waals surface area contributed by atoms with E-state index < -0.39 is 0 Å². The van der Waals surface area contributed by atoms with Gasteiger partial charge in [0.1, 0.15) is 13.2 Å². The van der Waals surface area contributed by atoms with Crippen LogP contribution in [0, 0.1) is 12.8 Å². The molecule has 1 N–H and O–H groups in total. The van der Waals surface area contributed by atoms with E-state index in [4.69, 9.17) is 14.5 Å². The zero-order valence-corrected chi connectivity index (χ0v) is 22.0. The third kappa shape index (κ3) is 4.93. The molecule has 1 fully saturated rings. The van der Waals surface area contributed by atoms with E-state index in [9.17, 15) is 4.79 Å². The van der Waals surface area contributed by atoms with E-state index in [1.807, 2.05) is 31.2 Å². The van der Waals surface area contributed by atoms with Gasteiger partial charge in [-0.2, -0.15) is 0 Å². The number of hydrogen-bond donors (Lipinski definition) is 1. The monoisotopic (exact) mass is 510 g/mol. The molecule has 6 rings (SSSR count). The Morgan fingerprint density at radius 1 is 1.00 bits per heavy atom. The van der Waals surface area contributed by atoms with E-state index in [0.29, 0.717) is 13.2 Å². The molecule has 0 aliphatic carbocycles. The summed E-state index contributed by atoms with van der Waals surface area (Å²) in [7, 11) is 0. The maximum atomic E-state index is 13.2. The molecule has 1 atom stereocenters. The molecular formula is C31H34N4O3. The Morgan fingerprint density at radius 3 is 2.61 bits per heavy atom. The summed E-state index contributed by atoms with van der Waals surface area (Å²) in [6, 6.07) is 22.8. The maximum absolute atomic E-state index is 13.2. The number of anilines is 1. The first kappa shape index (κ1) is 24.3. The Labute approximate surface area is 223 Å². The first-order chi connectivity index (χ1) is 18.5. The predicted molar refractivity (Wildman–Crippen MR) is 149 cm³/mol. The van der Waals surface area contributed by atoms with E-state index in [-0.39, 0.29) is 17.9 Å². The lowest BCUT2D eigenvalue weighted by atomic mass is 9.95. The first-order valence-corrected chi connectivity index (χ1v) is 13.5. The summed E-state index contributed by atoms with van der Waals surface area (Å²) in [5.74, 6) is 2.59. The van der Waals surface area contributed by atoms with E-state index in [1.54, 1.807) is 0 Å². The number of carbonyl (C=O) groups excluding carboxylic acids is 1. The molecule has 0 unspecified atom stereocenters. The summed E-state index contributed by atoms with van der Waals surface area (Å²) in [6.07, 6.45) is 1.60. The highest BCUT2D eigenvalue weighted by molar-refractivity contribution is 5.80. The van der Waals surface area contributed by atoms with Gasteiger partial charge in [0.05, 0.1) is 23.6 Å². The maximum Gasteiger partial charge on any atom is 0.223 e.